The van der Waals surface area contributed by atoms with Crippen LogP contribution < -0.4 is 5.32 Å². The summed E-state index contributed by atoms with van der Waals surface area (Å²) in [7, 11) is 0. The highest BCUT2D eigenvalue weighted by atomic mass is 19.3. The third-order valence-electron chi connectivity index (χ3n) is 2.87. The van der Waals surface area contributed by atoms with Gasteiger partial charge in [0.05, 0.1) is 13.2 Å². The van der Waals surface area contributed by atoms with Gasteiger partial charge in [0.1, 0.15) is 5.54 Å². The number of nitrogens with one attached hydrogen (secondary N) is 1. The Hall–Kier alpha value is -0.220. The van der Waals surface area contributed by atoms with Crippen LogP contribution in [0, 0.1) is 5.41 Å². The van der Waals surface area contributed by atoms with Gasteiger partial charge in [-0.25, -0.2) is 8.78 Å². The summed E-state index contributed by atoms with van der Waals surface area (Å²) < 4.78 is 31.0. The van der Waals surface area contributed by atoms with Gasteiger partial charge in [0.2, 0.25) is 0 Å². The zero-order chi connectivity index (χ0) is 10.1. The Morgan fingerprint density at radius 1 is 1.38 bits per heavy atom. The molecule has 0 aromatic heterocycles. The van der Waals surface area contributed by atoms with Crippen LogP contribution in [0.4, 0.5) is 8.78 Å². The summed E-state index contributed by atoms with van der Waals surface area (Å²) in [6.07, 6.45) is -2.38. The van der Waals surface area contributed by atoms with Crippen LogP contribution in [0.1, 0.15) is 20.8 Å². The van der Waals surface area contributed by atoms with E-state index in [-0.39, 0.29) is 6.61 Å². The summed E-state index contributed by atoms with van der Waals surface area (Å²) >= 11 is 0. The number of alkyl halides is 2. The monoisotopic (exact) mass is 193 g/mol. The molecule has 2 nitrogen and oxygen atoms in total. The lowest BCUT2D eigenvalue weighted by atomic mass is 9.75. The van der Waals surface area contributed by atoms with E-state index in [1.165, 1.54) is 0 Å². The van der Waals surface area contributed by atoms with Crippen molar-refractivity contribution in [1.82, 2.24) is 5.32 Å². The summed E-state index contributed by atoms with van der Waals surface area (Å²) in [6, 6.07) is 0. The van der Waals surface area contributed by atoms with Gasteiger partial charge in [0, 0.05) is 5.41 Å². The van der Waals surface area contributed by atoms with E-state index < -0.39 is 17.4 Å². The molecule has 1 heterocycles. The maximum Gasteiger partial charge on any atom is 0.259 e. The fourth-order valence-corrected chi connectivity index (χ4v) is 1.83. The molecular weight excluding hydrogens is 176 g/mol. The molecule has 1 atom stereocenters. The molecule has 1 aliphatic heterocycles. The second kappa shape index (κ2) is 3.50. The third-order valence-corrected chi connectivity index (χ3v) is 2.87. The summed E-state index contributed by atoms with van der Waals surface area (Å²) in [4.78, 5) is 0. The molecule has 0 saturated carbocycles. The molecular formula is C9H17F2NO. The van der Waals surface area contributed by atoms with Crippen molar-refractivity contribution >= 4 is 0 Å². The van der Waals surface area contributed by atoms with E-state index >= 15 is 0 Å². The van der Waals surface area contributed by atoms with Crippen LogP contribution >= 0.6 is 0 Å². The second-order valence-electron chi connectivity index (χ2n) is 4.18. The largest absolute Gasteiger partial charge is 0.379 e. The van der Waals surface area contributed by atoms with Gasteiger partial charge in [0.25, 0.3) is 6.43 Å². The Morgan fingerprint density at radius 3 is 2.31 bits per heavy atom. The fraction of sp³-hybridized carbons (Fsp3) is 1.00. The smallest absolute Gasteiger partial charge is 0.259 e. The van der Waals surface area contributed by atoms with Crippen molar-refractivity contribution in [2.24, 2.45) is 5.41 Å². The van der Waals surface area contributed by atoms with Crippen molar-refractivity contribution in [1.29, 1.82) is 0 Å². The minimum absolute atomic E-state index is 0.103. The van der Waals surface area contributed by atoms with Gasteiger partial charge in [0.15, 0.2) is 0 Å². The summed E-state index contributed by atoms with van der Waals surface area (Å²) in [5.41, 5.74) is -1.67. The highest BCUT2D eigenvalue weighted by Gasteiger charge is 2.55. The fourth-order valence-electron chi connectivity index (χ4n) is 1.83. The zero-order valence-corrected chi connectivity index (χ0v) is 8.36. The molecule has 0 amide bonds. The second-order valence-corrected chi connectivity index (χ2v) is 4.18. The maximum absolute atomic E-state index is 12.9. The predicted molar refractivity (Wildman–Crippen MR) is 47.0 cm³/mol. The number of hydrogen-bond acceptors (Lipinski definition) is 2. The summed E-state index contributed by atoms with van der Waals surface area (Å²) in [6.45, 7) is 6.50. The van der Waals surface area contributed by atoms with Gasteiger partial charge >= 0.3 is 0 Å². The average molecular weight is 193 g/mol. The van der Waals surface area contributed by atoms with E-state index in [0.29, 0.717) is 13.2 Å². The Kier molecular flexibility index (Phi) is 2.92. The third kappa shape index (κ3) is 1.57. The first kappa shape index (κ1) is 10.9. The van der Waals surface area contributed by atoms with Crippen LogP contribution in [0.15, 0.2) is 0 Å². The van der Waals surface area contributed by atoms with Crippen molar-refractivity contribution in [2.75, 3.05) is 19.8 Å². The van der Waals surface area contributed by atoms with Crippen LogP contribution in [-0.4, -0.2) is 31.7 Å². The van der Waals surface area contributed by atoms with Gasteiger partial charge in [-0.05, 0) is 6.54 Å². The Morgan fingerprint density at radius 2 is 2.00 bits per heavy atom. The quantitative estimate of drug-likeness (QED) is 0.736. The van der Waals surface area contributed by atoms with Gasteiger partial charge in [-0.1, -0.05) is 20.8 Å². The standard InChI is InChI=1S/C9H17F2NO/c1-4-12-9(7(10)11)6-13-5-8(9,2)3/h7,12H,4-6H2,1-3H3. The molecule has 0 radical (unpaired) electrons. The minimum atomic E-state index is -2.38. The van der Waals surface area contributed by atoms with Crippen molar-refractivity contribution in [3.05, 3.63) is 0 Å². The molecule has 0 aromatic rings. The van der Waals surface area contributed by atoms with Crippen LogP contribution in [0.5, 0.6) is 0 Å². The van der Waals surface area contributed by atoms with E-state index in [1.54, 1.807) is 0 Å². The highest BCUT2D eigenvalue weighted by molar-refractivity contribution is 5.06. The van der Waals surface area contributed by atoms with Crippen molar-refractivity contribution in [3.63, 3.8) is 0 Å². The summed E-state index contributed by atoms with van der Waals surface area (Å²) in [5.74, 6) is 0. The number of likely N-dealkylation sites (N-methyl/N-ethyl adjacent to an activating group) is 1. The molecule has 1 fully saturated rings. The van der Waals surface area contributed by atoms with E-state index in [2.05, 4.69) is 5.32 Å². The molecule has 4 heteroatoms. The highest BCUT2D eigenvalue weighted by Crippen LogP contribution is 2.41. The van der Waals surface area contributed by atoms with Crippen LogP contribution in [0.2, 0.25) is 0 Å². The molecule has 13 heavy (non-hydrogen) atoms. The van der Waals surface area contributed by atoms with Gasteiger partial charge in [-0.2, -0.15) is 0 Å². The molecule has 1 N–H and O–H groups in total. The van der Waals surface area contributed by atoms with Crippen molar-refractivity contribution in [3.8, 4) is 0 Å². The van der Waals surface area contributed by atoms with E-state index in [0.717, 1.165) is 0 Å². The maximum atomic E-state index is 12.9. The Bertz CT molecular complexity index is 184. The molecule has 0 bridgehead atoms. The summed E-state index contributed by atoms with van der Waals surface area (Å²) in [5, 5.41) is 2.87. The Balaban J connectivity index is 2.89. The predicted octanol–water partition coefficient (Wildman–Crippen LogP) is 1.66. The van der Waals surface area contributed by atoms with E-state index in [1.807, 2.05) is 20.8 Å². The lowest BCUT2D eigenvalue weighted by molar-refractivity contribution is -0.0167. The molecule has 1 saturated heterocycles. The molecule has 0 aliphatic carbocycles. The van der Waals surface area contributed by atoms with Crippen LogP contribution in [-0.2, 0) is 4.74 Å². The topological polar surface area (TPSA) is 21.3 Å². The lowest BCUT2D eigenvalue weighted by Gasteiger charge is -2.39. The zero-order valence-electron chi connectivity index (χ0n) is 8.36. The first-order valence-electron chi connectivity index (χ1n) is 4.57. The molecule has 1 rings (SSSR count). The Labute approximate surface area is 77.6 Å². The van der Waals surface area contributed by atoms with Crippen molar-refractivity contribution in [2.45, 2.75) is 32.7 Å². The van der Waals surface area contributed by atoms with Gasteiger partial charge in [-0.3, -0.25) is 0 Å². The van der Waals surface area contributed by atoms with E-state index in [4.69, 9.17) is 4.74 Å². The minimum Gasteiger partial charge on any atom is -0.379 e. The van der Waals surface area contributed by atoms with Crippen LogP contribution in [0.25, 0.3) is 0 Å². The average Bonchev–Trinajstić information content (AvgIpc) is 2.28. The number of ether oxygens (including phenoxy) is 1. The van der Waals surface area contributed by atoms with Gasteiger partial charge < -0.3 is 10.1 Å². The van der Waals surface area contributed by atoms with E-state index in [9.17, 15) is 8.78 Å². The molecule has 1 aliphatic rings. The van der Waals surface area contributed by atoms with Gasteiger partial charge in [-0.15, -0.1) is 0 Å². The number of hydrogen-bond donors (Lipinski definition) is 1. The van der Waals surface area contributed by atoms with Crippen molar-refractivity contribution < 1.29 is 13.5 Å². The molecule has 0 spiro atoms. The van der Waals surface area contributed by atoms with Crippen LogP contribution in [0.3, 0.4) is 0 Å². The first-order valence-corrected chi connectivity index (χ1v) is 4.57. The molecule has 78 valence electrons. The lowest BCUT2D eigenvalue weighted by Crippen LogP contribution is -2.60. The molecule has 0 aromatic carbocycles. The number of halogens is 2. The normalized spacial score (nSPS) is 32.8. The molecule has 1 unspecified atom stereocenters. The SMILES string of the molecule is CCNC1(C(F)F)COCC1(C)C. The number of rotatable bonds is 3. The first-order chi connectivity index (χ1) is 5.96.